The number of aromatic hydroxyl groups is 2. The first kappa shape index (κ1) is 20.3. The van der Waals surface area contributed by atoms with Crippen molar-refractivity contribution < 1.29 is 38.7 Å². The fraction of sp³-hybridized carbons (Fsp3) is 0.333. The molecule has 0 saturated heterocycles. The van der Waals surface area contributed by atoms with Gasteiger partial charge in [-0.05, 0) is 49.2 Å². The third-order valence-electron chi connectivity index (χ3n) is 4.71. The van der Waals surface area contributed by atoms with E-state index in [0.29, 0.717) is 19.3 Å². The quantitative estimate of drug-likeness (QED) is 0.709. The second-order valence-electron chi connectivity index (χ2n) is 6.64. The van der Waals surface area contributed by atoms with E-state index in [1.54, 1.807) is 0 Å². The van der Waals surface area contributed by atoms with Gasteiger partial charge in [0.1, 0.15) is 12.2 Å². The lowest BCUT2D eigenvalue weighted by atomic mass is 10.2. The third kappa shape index (κ3) is 4.71. The summed E-state index contributed by atoms with van der Waals surface area (Å²) < 4.78 is 21.0. The van der Waals surface area contributed by atoms with Crippen LogP contribution >= 0.6 is 0 Å². The Kier molecular flexibility index (Phi) is 6.11. The van der Waals surface area contributed by atoms with Gasteiger partial charge in [-0.15, -0.1) is 0 Å². The molecular formula is C21H22O8. The fourth-order valence-corrected chi connectivity index (χ4v) is 3.16. The summed E-state index contributed by atoms with van der Waals surface area (Å²) in [6.07, 6.45) is 0.765. The number of rotatable bonds is 6. The van der Waals surface area contributed by atoms with E-state index >= 15 is 0 Å². The summed E-state index contributed by atoms with van der Waals surface area (Å²) >= 11 is 0. The summed E-state index contributed by atoms with van der Waals surface area (Å²) in [6.45, 7) is 0. The summed E-state index contributed by atoms with van der Waals surface area (Å²) in [5, 5.41) is 19.2. The maximum atomic E-state index is 12.3. The molecule has 1 fully saturated rings. The van der Waals surface area contributed by atoms with E-state index in [9.17, 15) is 19.8 Å². The van der Waals surface area contributed by atoms with Gasteiger partial charge >= 0.3 is 11.9 Å². The van der Waals surface area contributed by atoms with Crippen molar-refractivity contribution in [2.45, 2.75) is 31.5 Å². The second kappa shape index (κ2) is 8.72. The first-order valence-corrected chi connectivity index (χ1v) is 9.07. The molecule has 3 rings (SSSR count). The molecule has 0 heterocycles. The molecule has 2 aromatic carbocycles. The lowest BCUT2D eigenvalue weighted by Gasteiger charge is -2.14. The molecule has 1 aliphatic rings. The van der Waals surface area contributed by atoms with Crippen LogP contribution in [0.2, 0.25) is 0 Å². The number of esters is 2. The van der Waals surface area contributed by atoms with Gasteiger partial charge in [-0.25, -0.2) is 9.59 Å². The minimum absolute atomic E-state index is 0.0669. The molecule has 0 aliphatic heterocycles. The van der Waals surface area contributed by atoms with Crippen LogP contribution in [0.3, 0.4) is 0 Å². The molecule has 2 aromatic rings. The molecule has 1 saturated carbocycles. The van der Waals surface area contributed by atoms with Crippen molar-refractivity contribution in [2.24, 2.45) is 0 Å². The second-order valence-corrected chi connectivity index (χ2v) is 6.64. The molecule has 2 atom stereocenters. The molecule has 8 heteroatoms. The van der Waals surface area contributed by atoms with Crippen LogP contribution in [0.5, 0.6) is 23.0 Å². The van der Waals surface area contributed by atoms with Crippen molar-refractivity contribution in [3.05, 3.63) is 47.5 Å². The van der Waals surface area contributed by atoms with E-state index in [1.807, 2.05) is 0 Å². The Balaban J connectivity index is 1.56. The van der Waals surface area contributed by atoms with Crippen LogP contribution < -0.4 is 9.47 Å². The lowest BCUT2D eigenvalue weighted by molar-refractivity contribution is 0.0192. The smallest absolute Gasteiger partial charge is 0.338 e. The Labute approximate surface area is 167 Å². The van der Waals surface area contributed by atoms with E-state index in [0.717, 1.165) is 0 Å². The van der Waals surface area contributed by atoms with E-state index in [-0.39, 0.29) is 46.3 Å². The van der Waals surface area contributed by atoms with Gasteiger partial charge in [-0.2, -0.15) is 0 Å². The Hall–Kier alpha value is -3.42. The molecule has 0 bridgehead atoms. The average Bonchev–Trinajstić information content (AvgIpc) is 3.15. The first-order chi connectivity index (χ1) is 13.9. The summed E-state index contributed by atoms with van der Waals surface area (Å²) in [5.41, 5.74) is 0.521. The number of hydrogen-bond acceptors (Lipinski definition) is 8. The number of methoxy groups -OCH3 is 2. The van der Waals surface area contributed by atoms with Crippen LogP contribution in [0, 0.1) is 0 Å². The van der Waals surface area contributed by atoms with E-state index < -0.39 is 11.9 Å². The molecule has 2 N–H and O–H groups in total. The Morgan fingerprint density at radius 1 is 0.793 bits per heavy atom. The summed E-state index contributed by atoms with van der Waals surface area (Å²) in [6, 6.07) is 8.43. The minimum Gasteiger partial charge on any atom is -0.504 e. The Morgan fingerprint density at radius 3 is 1.59 bits per heavy atom. The molecule has 1 aliphatic carbocycles. The van der Waals surface area contributed by atoms with Crippen molar-refractivity contribution >= 4 is 11.9 Å². The normalized spacial score (nSPS) is 18.1. The van der Waals surface area contributed by atoms with Gasteiger partial charge in [-0.3, -0.25) is 0 Å². The zero-order chi connectivity index (χ0) is 21.0. The minimum atomic E-state index is -0.538. The van der Waals surface area contributed by atoms with Crippen molar-refractivity contribution in [1.29, 1.82) is 0 Å². The van der Waals surface area contributed by atoms with Gasteiger partial charge in [-0.1, -0.05) is 0 Å². The standard InChI is InChI=1S/C21H22O8/c1-26-18-9-12(3-7-16(18)22)20(24)28-14-5-6-15(11-14)29-21(25)13-4-8-17(23)19(10-13)27-2/h3-4,7-10,14-15,22-23H,5-6,11H2,1-2H3/t14-,15-/m1/s1. The van der Waals surface area contributed by atoms with Crippen molar-refractivity contribution in [2.75, 3.05) is 14.2 Å². The number of phenolic OH excluding ortho intramolecular Hbond substituents is 2. The van der Waals surface area contributed by atoms with Crippen LogP contribution in [0.1, 0.15) is 40.0 Å². The summed E-state index contributed by atoms with van der Waals surface area (Å²) in [7, 11) is 2.79. The number of carbonyl (C=O) groups excluding carboxylic acids is 2. The predicted molar refractivity (Wildman–Crippen MR) is 102 cm³/mol. The molecule has 0 amide bonds. The van der Waals surface area contributed by atoms with Gasteiger partial charge in [0, 0.05) is 6.42 Å². The number of hydrogen-bond donors (Lipinski definition) is 2. The summed E-state index contributed by atoms with van der Waals surface area (Å²) in [5.74, 6) is -0.846. The molecule has 0 aromatic heterocycles. The maximum Gasteiger partial charge on any atom is 0.338 e. The van der Waals surface area contributed by atoms with Gasteiger partial charge in [0.15, 0.2) is 23.0 Å². The van der Waals surface area contributed by atoms with Crippen LogP contribution in [0.25, 0.3) is 0 Å². The van der Waals surface area contributed by atoms with Gasteiger partial charge in [0.2, 0.25) is 0 Å². The van der Waals surface area contributed by atoms with Crippen LogP contribution in [0.4, 0.5) is 0 Å². The number of phenols is 2. The fourth-order valence-electron chi connectivity index (χ4n) is 3.16. The Bertz CT molecular complexity index is 834. The topological polar surface area (TPSA) is 112 Å². The largest absolute Gasteiger partial charge is 0.504 e. The monoisotopic (exact) mass is 402 g/mol. The highest BCUT2D eigenvalue weighted by Crippen LogP contribution is 2.30. The van der Waals surface area contributed by atoms with Crippen LogP contribution in [-0.4, -0.2) is 48.6 Å². The highest BCUT2D eigenvalue weighted by atomic mass is 16.6. The third-order valence-corrected chi connectivity index (χ3v) is 4.71. The zero-order valence-corrected chi connectivity index (χ0v) is 16.1. The van der Waals surface area contributed by atoms with Crippen LogP contribution in [-0.2, 0) is 9.47 Å². The molecule has 8 nitrogen and oxygen atoms in total. The van der Waals surface area contributed by atoms with E-state index in [2.05, 4.69) is 0 Å². The lowest BCUT2D eigenvalue weighted by Crippen LogP contribution is -2.19. The van der Waals surface area contributed by atoms with Crippen molar-refractivity contribution in [3.8, 4) is 23.0 Å². The van der Waals surface area contributed by atoms with Crippen molar-refractivity contribution in [3.63, 3.8) is 0 Å². The molecule has 0 spiro atoms. The number of benzene rings is 2. The molecule has 0 unspecified atom stereocenters. The van der Waals surface area contributed by atoms with E-state index in [1.165, 1.54) is 50.6 Å². The van der Waals surface area contributed by atoms with Crippen LogP contribution in [0.15, 0.2) is 36.4 Å². The van der Waals surface area contributed by atoms with Crippen molar-refractivity contribution in [1.82, 2.24) is 0 Å². The highest BCUT2D eigenvalue weighted by Gasteiger charge is 2.31. The Morgan fingerprint density at radius 2 is 1.21 bits per heavy atom. The first-order valence-electron chi connectivity index (χ1n) is 9.07. The molecule has 0 radical (unpaired) electrons. The number of carbonyl (C=O) groups is 2. The van der Waals surface area contributed by atoms with E-state index in [4.69, 9.17) is 18.9 Å². The zero-order valence-electron chi connectivity index (χ0n) is 16.1. The molecule has 154 valence electrons. The highest BCUT2D eigenvalue weighted by molar-refractivity contribution is 5.91. The summed E-state index contributed by atoms with van der Waals surface area (Å²) in [4.78, 5) is 24.7. The molecule has 29 heavy (non-hydrogen) atoms. The SMILES string of the molecule is COc1cc(C(=O)O[C@@H]2CC[C@@H](OC(=O)c3ccc(O)c(OC)c3)C2)ccc1O. The van der Waals surface area contributed by atoms with Gasteiger partial charge in [0.05, 0.1) is 25.3 Å². The predicted octanol–water partition coefficient (Wildman–Crippen LogP) is 3.05. The van der Waals surface area contributed by atoms with Gasteiger partial charge < -0.3 is 29.2 Å². The number of ether oxygens (including phenoxy) is 4. The maximum absolute atomic E-state index is 12.3. The molecular weight excluding hydrogens is 380 g/mol. The van der Waals surface area contributed by atoms with Gasteiger partial charge in [0.25, 0.3) is 0 Å². The average molecular weight is 402 g/mol.